The number of hydrogen-bond acceptors (Lipinski definition) is 6. The van der Waals surface area contributed by atoms with Crippen molar-refractivity contribution in [3.63, 3.8) is 0 Å². The minimum Gasteiger partial charge on any atom is -0.374 e. The van der Waals surface area contributed by atoms with E-state index in [1.807, 2.05) is 18.5 Å². The summed E-state index contributed by atoms with van der Waals surface area (Å²) in [5.74, 6) is 1.05. The van der Waals surface area contributed by atoms with Crippen molar-refractivity contribution in [1.29, 1.82) is 0 Å². The molecule has 1 atom stereocenters. The van der Waals surface area contributed by atoms with Crippen LogP contribution >= 0.6 is 11.6 Å². The monoisotopic (exact) mass is 480 g/mol. The van der Waals surface area contributed by atoms with Crippen LogP contribution in [-0.4, -0.2) is 56.0 Å². The Bertz CT molecular complexity index is 1210. The van der Waals surface area contributed by atoms with Gasteiger partial charge in [-0.15, -0.1) is 0 Å². The predicted molar refractivity (Wildman–Crippen MR) is 135 cm³/mol. The summed E-state index contributed by atoms with van der Waals surface area (Å²) in [6.45, 7) is 9.51. The smallest absolute Gasteiger partial charge is 0.227 e. The zero-order valence-corrected chi connectivity index (χ0v) is 21.0. The Labute approximate surface area is 205 Å². The van der Waals surface area contributed by atoms with Gasteiger partial charge in [0.25, 0.3) is 0 Å². The van der Waals surface area contributed by atoms with Crippen LogP contribution in [0.5, 0.6) is 0 Å². The van der Waals surface area contributed by atoms with Gasteiger partial charge in [-0.3, -0.25) is 9.58 Å². The molecule has 4 heterocycles. The van der Waals surface area contributed by atoms with Gasteiger partial charge in [-0.05, 0) is 89.6 Å². The molecule has 3 aliphatic rings. The third kappa shape index (κ3) is 4.30. The van der Waals surface area contributed by atoms with Crippen LogP contribution in [0.25, 0.3) is 10.9 Å². The summed E-state index contributed by atoms with van der Waals surface area (Å²) in [6.07, 6.45) is 9.48. The first-order valence-corrected chi connectivity index (χ1v) is 12.9. The molecule has 7 nitrogen and oxygen atoms in total. The average molecular weight is 481 g/mol. The second-order valence-electron chi connectivity index (χ2n) is 10.8. The number of anilines is 2. The molecule has 3 fully saturated rings. The minimum absolute atomic E-state index is 0.00371. The van der Waals surface area contributed by atoms with Crippen molar-refractivity contribution >= 4 is 34.1 Å². The summed E-state index contributed by atoms with van der Waals surface area (Å²) in [4.78, 5) is 12.0. The molecule has 1 N–H and O–H groups in total. The number of benzene rings is 1. The molecular weight excluding hydrogens is 448 g/mol. The van der Waals surface area contributed by atoms with E-state index >= 15 is 0 Å². The molecule has 0 radical (unpaired) electrons. The lowest BCUT2D eigenvalue weighted by Crippen LogP contribution is -2.41. The number of halogens is 1. The Hall–Kier alpha value is -2.22. The number of fused-ring (bicyclic) bond motifs is 1. The molecule has 2 aromatic heterocycles. The average Bonchev–Trinajstić information content (AvgIpc) is 3.51. The number of piperidine rings is 1. The summed E-state index contributed by atoms with van der Waals surface area (Å²) >= 11 is 6.75. The number of nitrogens with zero attached hydrogens (tertiary/aromatic N) is 5. The molecule has 0 amide bonds. The molecule has 34 heavy (non-hydrogen) atoms. The Morgan fingerprint density at radius 3 is 2.59 bits per heavy atom. The second-order valence-corrected chi connectivity index (χ2v) is 11.2. The maximum absolute atomic E-state index is 6.75. The first-order valence-electron chi connectivity index (χ1n) is 12.5. The van der Waals surface area contributed by atoms with E-state index in [1.165, 1.54) is 18.4 Å². The Morgan fingerprint density at radius 2 is 1.88 bits per heavy atom. The van der Waals surface area contributed by atoms with Gasteiger partial charge in [-0.2, -0.15) is 5.10 Å². The SMILES string of the molecule is Cc1c(Nc2ncc3cc(Cl)c(C4CCN(C5COC(C)(C)C5)CC4)cc3n2)cnn1C1CC1. The van der Waals surface area contributed by atoms with Crippen LogP contribution in [0, 0.1) is 6.92 Å². The van der Waals surface area contributed by atoms with Gasteiger partial charge in [-0.25, -0.2) is 9.97 Å². The second kappa shape index (κ2) is 8.47. The number of likely N-dealkylation sites (tertiary alicyclic amines) is 1. The van der Waals surface area contributed by atoms with Crippen molar-refractivity contribution in [1.82, 2.24) is 24.6 Å². The standard InChI is InChI=1S/C26H33ClN6O/c1-16-24(14-29-33(16)19-4-5-19)31-25-28-13-18-10-22(27)21(11-23(18)30-25)17-6-8-32(9-7-17)20-12-26(2,3)34-15-20/h10-11,13-14,17,19-20H,4-9,12,15H2,1-3H3,(H,28,30,31). The first kappa shape index (κ1) is 22.3. The van der Waals surface area contributed by atoms with E-state index in [0.717, 1.165) is 66.3 Å². The van der Waals surface area contributed by atoms with Crippen molar-refractivity contribution in [2.24, 2.45) is 0 Å². The van der Waals surface area contributed by atoms with Crippen LogP contribution < -0.4 is 5.32 Å². The Balaban J connectivity index is 1.18. The van der Waals surface area contributed by atoms with Gasteiger partial charge in [0.1, 0.15) is 0 Å². The molecule has 1 aliphatic carbocycles. The van der Waals surface area contributed by atoms with Gasteiger partial charge in [0.2, 0.25) is 5.95 Å². The first-order chi connectivity index (χ1) is 16.4. The zero-order chi connectivity index (χ0) is 23.4. The Kier molecular flexibility index (Phi) is 5.54. The molecule has 2 aliphatic heterocycles. The summed E-state index contributed by atoms with van der Waals surface area (Å²) in [5, 5.41) is 9.69. The van der Waals surface area contributed by atoms with E-state index in [0.29, 0.717) is 23.9 Å². The Morgan fingerprint density at radius 1 is 1.09 bits per heavy atom. The van der Waals surface area contributed by atoms with Crippen LogP contribution in [0.3, 0.4) is 0 Å². The lowest BCUT2D eigenvalue weighted by Gasteiger charge is -2.36. The molecule has 3 aromatic rings. The molecule has 1 aromatic carbocycles. The van der Waals surface area contributed by atoms with E-state index in [9.17, 15) is 0 Å². The van der Waals surface area contributed by atoms with E-state index in [-0.39, 0.29) is 5.60 Å². The van der Waals surface area contributed by atoms with Crippen LogP contribution in [0.4, 0.5) is 11.6 Å². The highest BCUT2D eigenvalue weighted by Gasteiger charge is 2.37. The van der Waals surface area contributed by atoms with Crippen molar-refractivity contribution in [2.75, 3.05) is 25.0 Å². The summed E-state index contributed by atoms with van der Waals surface area (Å²) in [7, 11) is 0. The summed E-state index contributed by atoms with van der Waals surface area (Å²) < 4.78 is 8.08. The molecule has 180 valence electrons. The topological polar surface area (TPSA) is 68.1 Å². The molecule has 0 spiro atoms. The highest BCUT2D eigenvalue weighted by atomic mass is 35.5. The molecule has 6 rings (SSSR count). The van der Waals surface area contributed by atoms with Gasteiger partial charge in [0, 0.05) is 22.6 Å². The summed E-state index contributed by atoms with van der Waals surface area (Å²) in [5.41, 5.74) is 4.23. The van der Waals surface area contributed by atoms with Gasteiger partial charge in [-0.1, -0.05) is 11.6 Å². The van der Waals surface area contributed by atoms with Crippen LogP contribution in [-0.2, 0) is 4.74 Å². The quantitative estimate of drug-likeness (QED) is 0.511. The molecule has 8 heteroatoms. The maximum atomic E-state index is 6.75. The van der Waals surface area contributed by atoms with Crippen molar-refractivity contribution in [3.8, 4) is 0 Å². The van der Waals surface area contributed by atoms with Gasteiger partial charge < -0.3 is 10.1 Å². The predicted octanol–water partition coefficient (Wildman–Crippen LogP) is 5.61. The van der Waals surface area contributed by atoms with Crippen LogP contribution in [0.15, 0.2) is 24.5 Å². The number of aromatic nitrogens is 4. The van der Waals surface area contributed by atoms with Gasteiger partial charge >= 0.3 is 0 Å². The largest absolute Gasteiger partial charge is 0.374 e. The molecular formula is C26H33ClN6O. The van der Waals surface area contributed by atoms with E-state index in [1.54, 1.807) is 0 Å². The fourth-order valence-electron chi connectivity index (χ4n) is 5.61. The van der Waals surface area contributed by atoms with Crippen molar-refractivity contribution < 1.29 is 4.74 Å². The highest BCUT2D eigenvalue weighted by molar-refractivity contribution is 6.32. The fraction of sp³-hybridized carbons (Fsp3) is 0.577. The molecule has 0 bridgehead atoms. The molecule has 2 saturated heterocycles. The fourth-order valence-corrected chi connectivity index (χ4v) is 5.94. The minimum atomic E-state index is 0.00371. The highest BCUT2D eigenvalue weighted by Crippen LogP contribution is 2.38. The van der Waals surface area contributed by atoms with Crippen molar-refractivity contribution in [2.45, 2.75) is 76.5 Å². The number of rotatable bonds is 5. The number of nitrogens with one attached hydrogen (secondary N) is 1. The number of ether oxygens (including phenoxy) is 1. The van der Waals surface area contributed by atoms with E-state index in [2.05, 4.69) is 51.8 Å². The molecule has 1 unspecified atom stereocenters. The van der Waals surface area contributed by atoms with Gasteiger partial charge in [0.05, 0.1) is 41.3 Å². The third-order valence-electron chi connectivity index (χ3n) is 7.76. The summed E-state index contributed by atoms with van der Waals surface area (Å²) in [6, 6.07) is 5.29. The molecule has 1 saturated carbocycles. The van der Waals surface area contributed by atoms with Crippen LogP contribution in [0.1, 0.15) is 69.2 Å². The maximum Gasteiger partial charge on any atom is 0.227 e. The normalized spacial score (nSPS) is 23.6. The van der Waals surface area contributed by atoms with E-state index in [4.69, 9.17) is 21.3 Å². The third-order valence-corrected chi connectivity index (χ3v) is 8.09. The van der Waals surface area contributed by atoms with Gasteiger partial charge in [0.15, 0.2) is 0 Å². The zero-order valence-electron chi connectivity index (χ0n) is 20.2. The van der Waals surface area contributed by atoms with Crippen LogP contribution in [0.2, 0.25) is 5.02 Å². The lowest BCUT2D eigenvalue weighted by atomic mass is 9.88. The van der Waals surface area contributed by atoms with E-state index < -0.39 is 0 Å². The lowest BCUT2D eigenvalue weighted by molar-refractivity contribution is 0.0319. The van der Waals surface area contributed by atoms with Crippen molar-refractivity contribution in [3.05, 3.63) is 40.8 Å². The number of hydrogen-bond donors (Lipinski definition) is 1.